The molecule has 3 rings (SSSR count). The maximum absolute atomic E-state index is 9.52. The highest BCUT2D eigenvalue weighted by Gasteiger charge is 2.07. The molecule has 1 N–H and O–H groups in total. The molecular formula is C15H11BrN2O3. The Bertz CT molecular complexity index is 808. The Morgan fingerprint density at radius 1 is 1.10 bits per heavy atom. The molecule has 0 aliphatic heterocycles. The first-order chi connectivity index (χ1) is 10.2. The van der Waals surface area contributed by atoms with E-state index in [1.807, 2.05) is 24.3 Å². The maximum atomic E-state index is 9.52. The van der Waals surface area contributed by atoms with E-state index >= 15 is 0 Å². The SMILES string of the molecule is COc1nc(Oc2ccc3ccc(O)cc3c2)ncc1Br. The highest BCUT2D eigenvalue weighted by molar-refractivity contribution is 9.10. The number of halogens is 1. The van der Waals surface area contributed by atoms with Gasteiger partial charge in [0, 0.05) is 0 Å². The number of methoxy groups -OCH3 is 1. The third-order valence-electron chi connectivity index (χ3n) is 2.89. The fourth-order valence-electron chi connectivity index (χ4n) is 1.91. The molecule has 0 saturated carbocycles. The van der Waals surface area contributed by atoms with Crippen LogP contribution in [0, 0.1) is 0 Å². The van der Waals surface area contributed by atoms with Crippen LogP contribution in [0.1, 0.15) is 0 Å². The molecule has 5 nitrogen and oxygen atoms in total. The molecule has 0 radical (unpaired) electrons. The van der Waals surface area contributed by atoms with Crippen LogP contribution in [-0.4, -0.2) is 22.2 Å². The highest BCUT2D eigenvalue weighted by atomic mass is 79.9. The number of hydrogen-bond donors (Lipinski definition) is 1. The van der Waals surface area contributed by atoms with E-state index in [2.05, 4.69) is 25.9 Å². The summed E-state index contributed by atoms with van der Waals surface area (Å²) in [7, 11) is 1.52. The van der Waals surface area contributed by atoms with Crippen molar-refractivity contribution in [3.8, 4) is 23.4 Å². The lowest BCUT2D eigenvalue weighted by Gasteiger charge is -2.07. The van der Waals surface area contributed by atoms with Crippen LogP contribution in [0.25, 0.3) is 10.8 Å². The number of benzene rings is 2. The predicted molar refractivity (Wildman–Crippen MR) is 82.0 cm³/mol. The summed E-state index contributed by atoms with van der Waals surface area (Å²) >= 11 is 3.28. The van der Waals surface area contributed by atoms with Crippen molar-refractivity contribution in [3.63, 3.8) is 0 Å². The third-order valence-corrected chi connectivity index (χ3v) is 3.43. The van der Waals surface area contributed by atoms with E-state index in [9.17, 15) is 5.11 Å². The zero-order valence-electron chi connectivity index (χ0n) is 11.1. The van der Waals surface area contributed by atoms with Gasteiger partial charge in [0.25, 0.3) is 0 Å². The average molecular weight is 347 g/mol. The molecule has 0 aliphatic carbocycles. The molecular weight excluding hydrogens is 336 g/mol. The fraction of sp³-hybridized carbons (Fsp3) is 0.0667. The smallest absolute Gasteiger partial charge is 0.325 e. The monoisotopic (exact) mass is 346 g/mol. The summed E-state index contributed by atoms with van der Waals surface area (Å²) in [6.07, 6.45) is 1.56. The minimum Gasteiger partial charge on any atom is -0.508 e. The van der Waals surface area contributed by atoms with Gasteiger partial charge in [-0.1, -0.05) is 12.1 Å². The first-order valence-electron chi connectivity index (χ1n) is 6.13. The third kappa shape index (κ3) is 2.90. The van der Waals surface area contributed by atoms with Gasteiger partial charge < -0.3 is 14.6 Å². The maximum Gasteiger partial charge on any atom is 0.325 e. The Morgan fingerprint density at radius 3 is 2.71 bits per heavy atom. The van der Waals surface area contributed by atoms with Crippen LogP contribution < -0.4 is 9.47 Å². The van der Waals surface area contributed by atoms with Gasteiger partial charge in [-0.15, -0.1) is 0 Å². The quantitative estimate of drug-likeness (QED) is 0.779. The molecule has 3 aromatic rings. The van der Waals surface area contributed by atoms with E-state index < -0.39 is 0 Å². The van der Waals surface area contributed by atoms with Crippen molar-refractivity contribution in [2.75, 3.05) is 7.11 Å². The van der Waals surface area contributed by atoms with Crippen LogP contribution in [0.2, 0.25) is 0 Å². The predicted octanol–water partition coefficient (Wildman–Crippen LogP) is 3.90. The zero-order chi connectivity index (χ0) is 14.8. The van der Waals surface area contributed by atoms with Gasteiger partial charge in [-0.2, -0.15) is 4.98 Å². The Labute approximate surface area is 129 Å². The summed E-state index contributed by atoms with van der Waals surface area (Å²) in [4.78, 5) is 8.20. The summed E-state index contributed by atoms with van der Waals surface area (Å²) < 4.78 is 11.4. The molecule has 0 atom stereocenters. The summed E-state index contributed by atoms with van der Waals surface area (Å²) in [5, 5.41) is 11.4. The second-order valence-corrected chi connectivity index (χ2v) is 5.16. The van der Waals surface area contributed by atoms with Crippen LogP contribution in [0.5, 0.6) is 23.4 Å². The molecule has 6 heteroatoms. The van der Waals surface area contributed by atoms with Crippen molar-refractivity contribution in [3.05, 3.63) is 47.1 Å². The topological polar surface area (TPSA) is 64.5 Å². The Morgan fingerprint density at radius 2 is 1.90 bits per heavy atom. The van der Waals surface area contributed by atoms with Gasteiger partial charge in [0.15, 0.2) is 0 Å². The highest BCUT2D eigenvalue weighted by Crippen LogP contribution is 2.28. The molecule has 0 amide bonds. The summed E-state index contributed by atoms with van der Waals surface area (Å²) in [5.74, 6) is 1.19. The minimum absolute atomic E-state index is 0.189. The van der Waals surface area contributed by atoms with Gasteiger partial charge in [0.1, 0.15) is 11.5 Å². The van der Waals surface area contributed by atoms with E-state index in [1.54, 1.807) is 18.3 Å². The molecule has 106 valence electrons. The minimum atomic E-state index is 0.189. The van der Waals surface area contributed by atoms with Crippen molar-refractivity contribution in [2.24, 2.45) is 0 Å². The first kappa shape index (κ1) is 13.6. The van der Waals surface area contributed by atoms with E-state index in [0.29, 0.717) is 16.1 Å². The molecule has 0 saturated heterocycles. The Balaban J connectivity index is 1.94. The summed E-state index contributed by atoms with van der Waals surface area (Å²) in [5.41, 5.74) is 0. The van der Waals surface area contributed by atoms with Crippen molar-refractivity contribution < 1.29 is 14.6 Å². The number of hydrogen-bond acceptors (Lipinski definition) is 5. The van der Waals surface area contributed by atoms with Gasteiger partial charge in [-0.25, -0.2) is 4.98 Å². The van der Waals surface area contributed by atoms with E-state index in [-0.39, 0.29) is 11.8 Å². The van der Waals surface area contributed by atoms with Crippen LogP contribution in [0.4, 0.5) is 0 Å². The Kier molecular flexibility index (Phi) is 3.62. The molecule has 0 bridgehead atoms. The van der Waals surface area contributed by atoms with Crippen LogP contribution in [0.15, 0.2) is 47.1 Å². The summed E-state index contributed by atoms with van der Waals surface area (Å²) in [6.45, 7) is 0. The standard InChI is InChI=1S/C15H11BrN2O3/c1-20-14-13(16)8-17-15(18-14)21-12-5-3-9-2-4-11(19)6-10(9)7-12/h2-8,19H,1H3. The van der Waals surface area contributed by atoms with Crippen LogP contribution in [-0.2, 0) is 0 Å². The molecule has 0 spiro atoms. The molecule has 0 aliphatic rings. The molecule has 2 aromatic carbocycles. The zero-order valence-corrected chi connectivity index (χ0v) is 12.7. The number of ether oxygens (including phenoxy) is 2. The molecule has 0 unspecified atom stereocenters. The number of aromatic hydroxyl groups is 1. The van der Waals surface area contributed by atoms with Crippen molar-refractivity contribution in [1.29, 1.82) is 0 Å². The van der Waals surface area contributed by atoms with Crippen LogP contribution >= 0.6 is 15.9 Å². The van der Waals surface area contributed by atoms with Crippen molar-refractivity contribution in [1.82, 2.24) is 9.97 Å². The molecule has 1 aromatic heterocycles. The van der Waals surface area contributed by atoms with Crippen molar-refractivity contribution in [2.45, 2.75) is 0 Å². The number of phenolic OH excluding ortho intramolecular Hbond substituents is 1. The lowest BCUT2D eigenvalue weighted by atomic mass is 10.1. The van der Waals surface area contributed by atoms with E-state index in [0.717, 1.165) is 10.8 Å². The molecule has 1 heterocycles. The number of phenols is 1. The number of nitrogens with zero attached hydrogens (tertiary/aromatic N) is 2. The van der Waals surface area contributed by atoms with Gasteiger partial charge >= 0.3 is 6.01 Å². The first-order valence-corrected chi connectivity index (χ1v) is 6.92. The molecule has 0 fully saturated rings. The summed E-state index contributed by atoms with van der Waals surface area (Å²) in [6, 6.07) is 10.9. The van der Waals surface area contributed by atoms with E-state index in [1.165, 1.54) is 7.11 Å². The lowest BCUT2D eigenvalue weighted by molar-refractivity contribution is 0.373. The fourth-order valence-corrected chi connectivity index (χ4v) is 2.26. The normalized spacial score (nSPS) is 10.6. The number of rotatable bonds is 3. The second kappa shape index (κ2) is 5.57. The van der Waals surface area contributed by atoms with Crippen molar-refractivity contribution >= 4 is 26.7 Å². The van der Waals surface area contributed by atoms with E-state index in [4.69, 9.17) is 9.47 Å². The van der Waals surface area contributed by atoms with Gasteiger partial charge in [-0.3, -0.25) is 0 Å². The Hall–Kier alpha value is -2.34. The second-order valence-electron chi connectivity index (χ2n) is 4.31. The molecule has 21 heavy (non-hydrogen) atoms. The van der Waals surface area contributed by atoms with Gasteiger partial charge in [0.05, 0.1) is 17.8 Å². The number of aromatic nitrogens is 2. The average Bonchev–Trinajstić information content (AvgIpc) is 2.49. The lowest BCUT2D eigenvalue weighted by Crippen LogP contribution is -1.95. The van der Waals surface area contributed by atoms with Gasteiger partial charge in [-0.05, 0) is 51.0 Å². The van der Waals surface area contributed by atoms with Gasteiger partial charge in [0.2, 0.25) is 5.88 Å². The number of fused-ring (bicyclic) bond motifs is 1. The largest absolute Gasteiger partial charge is 0.508 e. The van der Waals surface area contributed by atoms with Crippen LogP contribution in [0.3, 0.4) is 0 Å².